The summed E-state index contributed by atoms with van der Waals surface area (Å²) in [7, 11) is 0. The molecule has 0 radical (unpaired) electrons. The molecule has 0 aromatic carbocycles. The van der Waals surface area contributed by atoms with Crippen molar-refractivity contribution in [3.05, 3.63) is 22.8 Å². The van der Waals surface area contributed by atoms with E-state index in [1.807, 2.05) is 0 Å². The van der Waals surface area contributed by atoms with Crippen LogP contribution in [0.5, 0.6) is 0 Å². The van der Waals surface area contributed by atoms with Crippen LogP contribution >= 0.6 is 11.6 Å². The third kappa shape index (κ3) is 3.57. The van der Waals surface area contributed by atoms with Crippen LogP contribution < -0.4 is 10.6 Å². The lowest BCUT2D eigenvalue weighted by Gasteiger charge is -2.15. The van der Waals surface area contributed by atoms with Crippen molar-refractivity contribution in [1.82, 2.24) is 10.3 Å². The molecular formula is C12H14ClN3O3. The van der Waals surface area contributed by atoms with Gasteiger partial charge in [-0.2, -0.15) is 0 Å². The first kappa shape index (κ1) is 13.6. The summed E-state index contributed by atoms with van der Waals surface area (Å²) >= 11 is 5.73. The van der Waals surface area contributed by atoms with Crippen LogP contribution in [-0.4, -0.2) is 34.1 Å². The number of aromatic nitrogens is 1. The summed E-state index contributed by atoms with van der Waals surface area (Å²) in [5, 5.41) is 14.8. The Morgan fingerprint density at radius 3 is 2.74 bits per heavy atom. The summed E-state index contributed by atoms with van der Waals surface area (Å²) in [6.07, 6.45) is 1.99. The van der Waals surface area contributed by atoms with Gasteiger partial charge in [-0.3, -0.25) is 4.79 Å². The zero-order valence-electron chi connectivity index (χ0n) is 10.3. The highest BCUT2D eigenvalue weighted by atomic mass is 35.5. The Morgan fingerprint density at radius 1 is 1.47 bits per heavy atom. The van der Waals surface area contributed by atoms with Gasteiger partial charge in [0.2, 0.25) is 5.91 Å². The van der Waals surface area contributed by atoms with Crippen LogP contribution in [0.2, 0.25) is 5.15 Å². The number of hydrogen-bond donors (Lipinski definition) is 3. The first-order valence-electron chi connectivity index (χ1n) is 5.94. The number of aromatic carboxylic acids is 1. The molecule has 7 heteroatoms. The lowest BCUT2D eigenvalue weighted by Crippen LogP contribution is -2.39. The molecular weight excluding hydrogens is 270 g/mol. The molecule has 2 rings (SSSR count). The minimum atomic E-state index is -1.12. The molecule has 102 valence electrons. The maximum atomic E-state index is 11.8. The maximum Gasteiger partial charge on any atom is 0.339 e. The largest absolute Gasteiger partial charge is 0.478 e. The third-order valence-corrected chi connectivity index (χ3v) is 2.97. The number of anilines is 1. The van der Waals surface area contributed by atoms with Gasteiger partial charge >= 0.3 is 5.97 Å². The van der Waals surface area contributed by atoms with Gasteiger partial charge < -0.3 is 15.7 Å². The van der Waals surface area contributed by atoms with E-state index in [1.165, 1.54) is 12.1 Å². The van der Waals surface area contributed by atoms with Gasteiger partial charge in [0, 0.05) is 6.04 Å². The number of carboxylic acids is 1. The van der Waals surface area contributed by atoms with Gasteiger partial charge in [-0.05, 0) is 31.9 Å². The van der Waals surface area contributed by atoms with Crippen molar-refractivity contribution in [2.75, 3.05) is 5.32 Å². The smallest absolute Gasteiger partial charge is 0.339 e. The Labute approximate surface area is 115 Å². The molecule has 1 atom stereocenters. The second-order valence-corrected chi connectivity index (χ2v) is 4.87. The number of nitrogens with one attached hydrogen (secondary N) is 2. The minimum Gasteiger partial charge on any atom is -0.478 e. The Balaban J connectivity index is 2.10. The summed E-state index contributed by atoms with van der Waals surface area (Å²) in [5.41, 5.74) is -0.0181. The molecule has 1 aromatic heterocycles. The first-order chi connectivity index (χ1) is 8.97. The van der Waals surface area contributed by atoms with E-state index in [0.717, 1.165) is 12.8 Å². The number of nitrogens with zero attached hydrogens (tertiary/aromatic N) is 1. The van der Waals surface area contributed by atoms with Crippen LogP contribution in [-0.2, 0) is 4.79 Å². The highest BCUT2D eigenvalue weighted by molar-refractivity contribution is 6.29. The summed E-state index contributed by atoms with van der Waals surface area (Å²) in [6.45, 7) is 1.64. The zero-order valence-corrected chi connectivity index (χ0v) is 11.1. The predicted molar refractivity (Wildman–Crippen MR) is 70.5 cm³/mol. The molecule has 1 aliphatic rings. The minimum absolute atomic E-state index is 0.0181. The number of carbonyl (C=O) groups is 2. The molecule has 1 heterocycles. The van der Waals surface area contributed by atoms with Crippen LogP contribution in [0.3, 0.4) is 0 Å². The first-order valence-corrected chi connectivity index (χ1v) is 6.32. The molecule has 1 amide bonds. The number of halogens is 1. The van der Waals surface area contributed by atoms with Gasteiger partial charge in [0.15, 0.2) is 0 Å². The van der Waals surface area contributed by atoms with E-state index >= 15 is 0 Å². The molecule has 1 aliphatic carbocycles. The monoisotopic (exact) mass is 283 g/mol. The van der Waals surface area contributed by atoms with Crippen molar-refractivity contribution >= 4 is 29.3 Å². The van der Waals surface area contributed by atoms with Gasteiger partial charge in [-0.25, -0.2) is 9.78 Å². The van der Waals surface area contributed by atoms with Crippen molar-refractivity contribution in [3.63, 3.8) is 0 Å². The number of carbonyl (C=O) groups excluding carboxylic acids is 1. The van der Waals surface area contributed by atoms with Gasteiger partial charge in [0.25, 0.3) is 0 Å². The number of amides is 1. The Bertz CT molecular complexity index is 517. The van der Waals surface area contributed by atoms with E-state index in [-0.39, 0.29) is 28.5 Å². The third-order valence-electron chi connectivity index (χ3n) is 2.76. The normalized spacial score (nSPS) is 15.7. The van der Waals surface area contributed by atoms with Crippen LogP contribution in [0.1, 0.15) is 30.1 Å². The average molecular weight is 284 g/mol. The molecule has 0 spiro atoms. The molecule has 0 bridgehead atoms. The van der Waals surface area contributed by atoms with Crippen LogP contribution in [0.4, 0.5) is 5.82 Å². The average Bonchev–Trinajstić information content (AvgIpc) is 3.12. The standard InChI is InChI=1S/C12H14ClN3O3/c1-6(11(17)15-7-2-3-7)14-10-8(12(18)19)4-5-9(13)16-10/h4-7H,2-3H2,1H3,(H,14,16)(H,15,17)(H,18,19). The van der Waals surface area contributed by atoms with Gasteiger partial charge in [0.1, 0.15) is 22.6 Å². The molecule has 1 unspecified atom stereocenters. The fraction of sp³-hybridized carbons (Fsp3) is 0.417. The summed E-state index contributed by atoms with van der Waals surface area (Å²) in [4.78, 5) is 26.7. The fourth-order valence-corrected chi connectivity index (χ4v) is 1.69. The van der Waals surface area contributed by atoms with Gasteiger partial charge in [-0.15, -0.1) is 0 Å². The van der Waals surface area contributed by atoms with Crippen molar-refractivity contribution < 1.29 is 14.7 Å². The highest BCUT2D eigenvalue weighted by Gasteiger charge is 2.26. The number of hydrogen-bond acceptors (Lipinski definition) is 4. The van der Waals surface area contributed by atoms with Crippen LogP contribution in [0.25, 0.3) is 0 Å². The van der Waals surface area contributed by atoms with Crippen molar-refractivity contribution in [1.29, 1.82) is 0 Å². The summed E-state index contributed by atoms with van der Waals surface area (Å²) in [6, 6.07) is 2.42. The summed E-state index contributed by atoms with van der Waals surface area (Å²) < 4.78 is 0. The summed E-state index contributed by atoms with van der Waals surface area (Å²) in [5.74, 6) is -1.21. The van der Waals surface area contributed by atoms with Crippen LogP contribution in [0.15, 0.2) is 12.1 Å². The van der Waals surface area contributed by atoms with E-state index in [9.17, 15) is 9.59 Å². The maximum absolute atomic E-state index is 11.8. The van der Waals surface area contributed by atoms with E-state index in [4.69, 9.17) is 16.7 Å². The molecule has 1 aromatic rings. The van der Waals surface area contributed by atoms with Crippen molar-refractivity contribution in [2.24, 2.45) is 0 Å². The quantitative estimate of drug-likeness (QED) is 0.713. The molecule has 19 heavy (non-hydrogen) atoms. The van der Waals surface area contributed by atoms with Crippen LogP contribution in [0, 0.1) is 0 Å². The Morgan fingerprint density at radius 2 is 2.16 bits per heavy atom. The topological polar surface area (TPSA) is 91.3 Å². The lowest BCUT2D eigenvalue weighted by molar-refractivity contribution is -0.121. The highest BCUT2D eigenvalue weighted by Crippen LogP contribution is 2.20. The predicted octanol–water partition coefficient (Wildman–Crippen LogP) is 1.51. The van der Waals surface area contributed by atoms with E-state index in [2.05, 4.69) is 15.6 Å². The molecule has 3 N–H and O–H groups in total. The van der Waals surface area contributed by atoms with E-state index in [0.29, 0.717) is 0 Å². The molecule has 1 saturated carbocycles. The molecule has 1 fully saturated rings. The second kappa shape index (κ2) is 5.44. The zero-order chi connectivity index (χ0) is 14.0. The second-order valence-electron chi connectivity index (χ2n) is 4.48. The van der Waals surface area contributed by atoms with Gasteiger partial charge in [-0.1, -0.05) is 11.6 Å². The van der Waals surface area contributed by atoms with Crippen molar-refractivity contribution in [2.45, 2.75) is 31.8 Å². The SMILES string of the molecule is CC(Nc1nc(Cl)ccc1C(=O)O)C(=O)NC1CC1. The Kier molecular flexibility index (Phi) is 3.90. The van der Waals surface area contributed by atoms with E-state index in [1.54, 1.807) is 6.92 Å². The molecule has 0 aliphatic heterocycles. The Hall–Kier alpha value is -1.82. The number of pyridine rings is 1. The van der Waals surface area contributed by atoms with Gasteiger partial charge in [0.05, 0.1) is 0 Å². The van der Waals surface area contributed by atoms with E-state index < -0.39 is 12.0 Å². The fourth-order valence-electron chi connectivity index (χ4n) is 1.54. The lowest BCUT2D eigenvalue weighted by atomic mass is 10.2. The number of carboxylic acid groups (broad SMARTS) is 1. The molecule has 0 saturated heterocycles. The number of rotatable bonds is 5. The van der Waals surface area contributed by atoms with Crippen molar-refractivity contribution in [3.8, 4) is 0 Å². The molecule has 6 nitrogen and oxygen atoms in total.